The quantitative estimate of drug-likeness (QED) is 0.0197. The first-order valence-electron chi connectivity index (χ1n) is 47.1. The molecule has 700 valence electrons. The van der Waals surface area contributed by atoms with Gasteiger partial charge in [0.2, 0.25) is 0 Å². The number of aliphatic hydroxyl groups is 2. The van der Waals surface area contributed by atoms with E-state index in [0.717, 1.165) is 169 Å². The Morgan fingerprint density at radius 3 is 1.17 bits per heavy atom. The molecule has 12 rings (SSSR count). The van der Waals surface area contributed by atoms with Crippen LogP contribution in [-0.4, -0.2) is 267 Å². The molecule has 7 aliphatic rings. The van der Waals surface area contributed by atoms with Crippen molar-refractivity contribution in [3.05, 3.63) is 179 Å². The van der Waals surface area contributed by atoms with E-state index in [1.54, 1.807) is 0 Å². The predicted octanol–water partition coefficient (Wildman–Crippen LogP) is 18.7. The molecule has 7 aliphatic heterocycles. The van der Waals surface area contributed by atoms with Crippen LogP contribution >= 0.6 is 0 Å². The lowest BCUT2D eigenvalue weighted by Crippen LogP contribution is -2.49. The summed E-state index contributed by atoms with van der Waals surface area (Å²) in [6.45, 7) is 60.6. The van der Waals surface area contributed by atoms with Crippen LogP contribution in [-0.2, 0) is 75.4 Å². The monoisotopic (exact) mass is 1700 g/mol. The van der Waals surface area contributed by atoms with Gasteiger partial charge in [0, 0.05) is 162 Å². The number of nitrogens with zero attached hydrogens (tertiary/aromatic N) is 6. The van der Waals surface area contributed by atoms with Crippen LogP contribution in [0.25, 0.3) is 0 Å². The van der Waals surface area contributed by atoms with Crippen molar-refractivity contribution in [2.75, 3.05) is 166 Å². The Hall–Kier alpha value is -4.70. The van der Waals surface area contributed by atoms with Crippen LogP contribution in [0, 0.1) is 0 Å². The van der Waals surface area contributed by atoms with Gasteiger partial charge in [0.05, 0.1) is 51.8 Å². The maximum atomic E-state index is 9.64. The lowest BCUT2D eigenvalue weighted by atomic mass is 10.1. The Balaban J connectivity index is 0. The Morgan fingerprint density at radius 1 is 0.463 bits per heavy atom. The summed E-state index contributed by atoms with van der Waals surface area (Å²) >= 11 is 0. The molecule has 0 spiro atoms. The van der Waals surface area contributed by atoms with Gasteiger partial charge in [-0.1, -0.05) is 242 Å². The number of piperazine rings is 2. The second-order valence-corrected chi connectivity index (χ2v) is 30.0. The van der Waals surface area contributed by atoms with Gasteiger partial charge < -0.3 is 78.6 Å². The number of benzene rings is 5. The summed E-state index contributed by atoms with van der Waals surface area (Å²) in [4.78, 5) is 14.3. The molecule has 10 unspecified atom stereocenters. The summed E-state index contributed by atoms with van der Waals surface area (Å²) in [5.41, 5.74) is 6.59. The first kappa shape index (κ1) is 118. The van der Waals surface area contributed by atoms with Gasteiger partial charge in [-0.25, -0.2) is 0 Å². The van der Waals surface area contributed by atoms with Crippen LogP contribution in [0.2, 0.25) is 0 Å². The first-order chi connectivity index (χ1) is 58.7. The normalized spacial score (nSPS) is 20.5. The van der Waals surface area contributed by atoms with E-state index in [1.807, 2.05) is 146 Å². The van der Waals surface area contributed by atoms with E-state index in [4.69, 9.17) is 42.6 Å². The van der Waals surface area contributed by atoms with Crippen molar-refractivity contribution in [1.29, 1.82) is 0 Å². The van der Waals surface area contributed by atoms with Gasteiger partial charge in [0.25, 0.3) is 0 Å². The highest BCUT2D eigenvalue weighted by atomic mass is 16.7. The van der Waals surface area contributed by atoms with Gasteiger partial charge in [-0.15, -0.1) is 0 Å². The molecule has 5 aromatic carbocycles. The molecule has 0 bridgehead atoms. The van der Waals surface area contributed by atoms with E-state index in [-0.39, 0.29) is 51.3 Å². The van der Waals surface area contributed by atoms with Gasteiger partial charge in [-0.05, 0) is 168 Å². The number of epoxide rings is 1. The summed E-state index contributed by atoms with van der Waals surface area (Å²) in [5.74, 6) is 0. The van der Waals surface area contributed by atoms with Crippen LogP contribution in [0.3, 0.4) is 0 Å². The maximum absolute atomic E-state index is 9.64. The molecule has 7 saturated heterocycles. The maximum Gasteiger partial charge on any atom is 0.157 e. The zero-order valence-electron chi connectivity index (χ0n) is 80.0. The highest BCUT2D eigenvalue weighted by Gasteiger charge is 2.23. The molecule has 0 radical (unpaired) electrons. The van der Waals surface area contributed by atoms with Crippen molar-refractivity contribution in [2.45, 2.75) is 303 Å². The number of hydrogen-bond acceptors (Lipinski definition) is 20. The van der Waals surface area contributed by atoms with E-state index in [1.165, 1.54) is 92.5 Å². The van der Waals surface area contributed by atoms with Crippen LogP contribution in [0.5, 0.6) is 0 Å². The fourth-order valence-corrected chi connectivity index (χ4v) is 12.9. The molecule has 121 heavy (non-hydrogen) atoms. The van der Waals surface area contributed by atoms with Crippen LogP contribution in [0.15, 0.2) is 152 Å². The standard InChI is InChI=1S/C18H30N2O2.2C17H27NO3.C14H21NO2.C13H20N2.C6H14N2.C3H6O.6C2H6.CH4/c1-16(19-2)14-20(15-17-8-4-3-5-9-17)11-13-22-18-10-6-7-12-21-18;1-15(14-19)18(13-16-7-3-2-4-8-16)10-12-21-17-9-5-6-11-20-17;1-15(19)13-18(14-16-7-3-2-4-8-16)10-12-21-17-9-5-6-11-20-17;1-2-6-13(7-3-1)12-15-9-11-17-14-8-4-5-10-16-14;1-12-10-15(9-8-14(12)2)11-13-6-4-3-5-7-13;1-6-5-7-3-4-8(6)2;1-3-2-4-3;6*1-2;/h3-5,8-9,16,18-19H,6-7,10-15H2,1-2H3;2*2-4,7-8,15,17,19H,5-6,9-14H2,1H3;1-3,6-7,14-15H,4-5,8-12H2;3-7,12H,8-11H2,1-2H3;6-7H,3-5H2,1-2H3;3H,2H2,1H3;6*1-2H3;1H4. The highest BCUT2D eigenvalue weighted by Crippen LogP contribution is 2.19. The van der Waals surface area contributed by atoms with Gasteiger partial charge in [-0.2, -0.15) is 0 Å². The molecule has 5 N–H and O–H groups in total. The summed E-state index contributed by atoms with van der Waals surface area (Å²) in [7, 11) is 6.40. The van der Waals surface area contributed by atoms with Gasteiger partial charge in [0.1, 0.15) is 0 Å². The zero-order chi connectivity index (χ0) is 88.9. The van der Waals surface area contributed by atoms with Crippen LogP contribution < -0.4 is 16.0 Å². The predicted molar refractivity (Wildman–Crippen MR) is 512 cm³/mol. The minimum Gasteiger partial charge on any atom is -0.395 e. The fourth-order valence-electron chi connectivity index (χ4n) is 12.9. The molecule has 5 aromatic rings. The minimum absolute atomic E-state index is 0. The number of likely N-dealkylation sites (N-methyl/N-ethyl adjacent to an activating group) is 3. The summed E-state index contributed by atoms with van der Waals surface area (Å²) in [6.07, 6.45) is 13.7. The number of ether oxygens (including phenoxy) is 9. The van der Waals surface area contributed by atoms with Crippen molar-refractivity contribution in [2.24, 2.45) is 0 Å². The Kier molecular flexibility index (Phi) is 81.7. The summed E-state index contributed by atoms with van der Waals surface area (Å²) in [5, 5.41) is 29.1. The molecule has 7 heterocycles. The molecule has 10 atom stereocenters. The lowest BCUT2D eigenvalue weighted by Gasteiger charge is -2.37. The van der Waals surface area contributed by atoms with Gasteiger partial charge in [-0.3, -0.25) is 19.6 Å². The second kappa shape index (κ2) is 83.5. The van der Waals surface area contributed by atoms with E-state index in [2.05, 4.69) is 196 Å². The zero-order valence-corrected chi connectivity index (χ0v) is 80.0. The third-order valence-electron chi connectivity index (χ3n) is 20.2. The number of hydrogen-bond donors (Lipinski definition) is 5. The molecule has 0 aliphatic carbocycles. The summed E-state index contributed by atoms with van der Waals surface area (Å²) < 4.78 is 50.1. The molecule has 20 heteroatoms. The van der Waals surface area contributed by atoms with E-state index in [9.17, 15) is 10.2 Å². The Labute approximate surface area is 742 Å². The minimum atomic E-state index is -0.334. The smallest absolute Gasteiger partial charge is 0.157 e. The first-order valence-corrected chi connectivity index (χ1v) is 47.1. The molecule has 7 fully saturated rings. The van der Waals surface area contributed by atoms with Gasteiger partial charge >= 0.3 is 0 Å². The molecule has 20 nitrogen and oxygen atoms in total. The van der Waals surface area contributed by atoms with Crippen molar-refractivity contribution in [1.82, 2.24) is 45.3 Å². The Morgan fingerprint density at radius 2 is 0.826 bits per heavy atom. The molecule has 0 saturated carbocycles. The van der Waals surface area contributed by atoms with E-state index < -0.39 is 0 Å². The fraction of sp³-hybridized carbons (Fsp3) is 0.703. The Bertz CT molecular complexity index is 2840. The van der Waals surface area contributed by atoms with Crippen LogP contribution in [0.4, 0.5) is 0 Å². The molecular formula is C101H185N9O11. The second-order valence-electron chi connectivity index (χ2n) is 30.0. The average Bonchev–Trinajstić information content (AvgIpc) is 1.87. The van der Waals surface area contributed by atoms with Crippen molar-refractivity contribution in [3.63, 3.8) is 0 Å². The van der Waals surface area contributed by atoms with Crippen molar-refractivity contribution in [3.8, 4) is 0 Å². The van der Waals surface area contributed by atoms with E-state index in [0.29, 0.717) is 37.9 Å². The third kappa shape index (κ3) is 63.8. The van der Waals surface area contributed by atoms with Crippen molar-refractivity contribution < 1.29 is 52.8 Å². The van der Waals surface area contributed by atoms with Gasteiger partial charge in [0.15, 0.2) is 25.2 Å². The highest BCUT2D eigenvalue weighted by molar-refractivity contribution is 5.18. The molecule has 0 amide bonds. The molecular weight excluding hydrogens is 1520 g/mol. The number of aliphatic hydroxyl groups excluding tert-OH is 2. The summed E-state index contributed by atoms with van der Waals surface area (Å²) in [6, 6.07) is 54.4. The number of nitrogens with one attached hydrogen (secondary N) is 3. The molecule has 0 aromatic heterocycles. The lowest BCUT2D eigenvalue weighted by molar-refractivity contribution is -0.165. The average molecular weight is 1700 g/mol. The van der Waals surface area contributed by atoms with Crippen LogP contribution in [0.1, 0.15) is 237 Å². The largest absolute Gasteiger partial charge is 0.395 e. The topological polar surface area (TPSA) is 182 Å². The SMILES string of the molecule is C.CC.CC.CC.CC.CC.CC.CC(CO)N(CCOC1CCCCO1)Cc1ccccc1.CC(O)CN(CCOC1CCCCO1)Cc1ccccc1.CC1CN(Cc2ccccc2)CCN1C.CC1CNCCN1C.CC1CO1.CNC(C)CN(CCOC1CCCCO1)Cc1ccccc1.c1ccc(CNCCOC2CCCCO2)cc1. The van der Waals surface area contributed by atoms with Crippen molar-refractivity contribution >= 4 is 0 Å². The third-order valence-corrected chi connectivity index (χ3v) is 20.2. The van der Waals surface area contributed by atoms with E-state index >= 15 is 0 Å². The number of rotatable bonds is 33.